The summed E-state index contributed by atoms with van der Waals surface area (Å²) in [4.78, 5) is 0. The van der Waals surface area contributed by atoms with E-state index < -0.39 is 0 Å². The highest BCUT2D eigenvalue weighted by atomic mass is 79.9. The molecule has 0 aromatic heterocycles. The van der Waals surface area contributed by atoms with Gasteiger partial charge in [-0.05, 0) is 6.42 Å². The molecule has 0 spiro atoms. The molecule has 0 fully saturated rings. The van der Waals surface area contributed by atoms with Gasteiger partial charge in [-0.15, -0.1) is 0 Å². The topological polar surface area (TPSA) is 0 Å². The molecule has 0 saturated heterocycles. The Hall–Kier alpha value is 0.150. The highest BCUT2D eigenvalue weighted by Gasteiger charge is 1.86. The van der Waals surface area contributed by atoms with Gasteiger partial charge in [0.25, 0.3) is 0 Å². The van der Waals surface area contributed by atoms with Gasteiger partial charge in [0.15, 0.2) is 0 Å². The van der Waals surface area contributed by atoms with Gasteiger partial charge >= 0.3 is 0 Å². The maximum atomic E-state index is 12.1. The zero-order valence-electron chi connectivity index (χ0n) is 4.95. The largest absolute Gasteiger partial charge is 0.211 e. The van der Waals surface area contributed by atoms with Crippen LogP contribution >= 0.6 is 15.9 Å². The molecule has 0 bridgehead atoms. The molecule has 2 heteroatoms. The van der Waals surface area contributed by atoms with E-state index in [0.717, 1.165) is 12.8 Å². The third kappa shape index (κ3) is 4.31. The van der Waals surface area contributed by atoms with Gasteiger partial charge in [0.05, 0.1) is 5.33 Å². The Bertz CT molecular complexity index is 78.6. The fraction of sp³-hybridized carbons (Fsp3) is 0.667. The molecule has 48 valence electrons. The fourth-order valence-corrected chi connectivity index (χ4v) is 0.584. The van der Waals surface area contributed by atoms with Crippen molar-refractivity contribution in [2.24, 2.45) is 0 Å². The Kier molecular flexibility index (Phi) is 5.39. The van der Waals surface area contributed by atoms with E-state index >= 15 is 0 Å². The summed E-state index contributed by atoms with van der Waals surface area (Å²) in [6.45, 7) is 2.03. The number of halogens is 2. The Labute approximate surface area is 57.9 Å². The van der Waals surface area contributed by atoms with Gasteiger partial charge in [-0.1, -0.05) is 35.4 Å². The van der Waals surface area contributed by atoms with E-state index in [0.29, 0.717) is 5.33 Å². The summed E-state index contributed by atoms with van der Waals surface area (Å²) in [7, 11) is 0. The van der Waals surface area contributed by atoms with Crippen molar-refractivity contribution < 1.29 is 4.39 Å². The average Bonchev–Trinajstić information content (AvgIpc) is 1.83. The summed E-state index contributed by atoms with van der Waals surface area (Å²) in [5.41, 5.74) is 0. The molecule has 0 heterocycles. The highest BCUT2D eigenvalue weighted by molar-refractivity contribution is 9.09. The van der Waals surface area contributed by atoms with E-state index in [4.69, 9.17) is 0 Å². The molecule has 0 aliphatic carbocycles. The molecule has 0 aliphatic rings. The molecule has 0 aromatic carbocycles. The Morgan fingerprint density at radius 1 is 1.75 bits per heavy atom. The van der Waals surface area contributed by atoms with Crippen molar-refractivity contribution >= 4 is 15.9 Å². The minimum atomic E-state index is -0.0631. The molecule has 0 aromatic rings. The van der Waals surface area contributed by atoms with E-state index in [9.17, 15) is 4.39 Å². The second-order valence-electron chi connectivity index (χ2n) is 1.57. The van der Waals surface area contributed by atoms with Gasteiger partial charge in [-0.25, -0.2) is 4.39 Å². The van der Waals surface area contributed by atoms with Crippen molar-refractivity contribution in [2.45, 2.75) is 19.8 Å². The van der Waals surface area contributed by atoms with Crippen molar-refractivity contribution in [2.75, 3.05) is 5.33 Å². The molecular weight excluding hydrogens is 171 g/mol. The first kappa shape index (κ1) is 8.15. The van der Waals surface area contributed by atoms with Crippen molar-refractivity contribution in [1.29, 1.82) is 0 Å². The lowest BCUT2D eigenvalue weighted by Crippen LogP contribution is -1.72. The number of hydrogen-bond donors (Lipinski definition) is 0. The predicted molar refractivity (Wildman–Crippen MR) is 37.9 cm³/mol. The van der Waals surface area contributed by atoms with Crippen LogP contribution in [0.25, 0.3) is 0 Å². The SMILES string of the molecule is CCC/C=C(/F)CBr. The summed E-state index contributed by atoms with van der Waals surface area (Å²) < 4.78 is 12.1. The van der Waals surface area contributed by atoms with E-state index in [-0.39, 0.29) is 5.83 Å². The maximum absolute atomic E-state index is 12.1. The van der Waals surface area contributed by atoms with Gasteiger partial charge in [0.2, 0.25) is 0 Å². The van der Waals surface area contributed by atoms with Crippen molar-refractivity contribution in [3.05, 3.63) is 11.9 Å². The van der Waals surface area contributed by atoms with Crippen LogP contribution in [0, 0.1) is 0 Å². The molecule has 0 nitrogen and oxygen atoms in total. The molecule has 0 aliphatic heterocycles. The van der Waals surface area contributed by atoms with Crippen LogP contribution in [-0.4, -0.2) is 5.33 Å². The lowest BCUT2D eigenvalue weighted by Gasteiger charge is -1.85. The predicted octanol–water partition coefficient (Wildman–Crippen LogP) is 3.03. The lowest BCUT2D eigenvalue weighted by atomic mass is 10.3. The molecule has 0 unspecified atom stereocenters. The molecule has 0 N–H and O–H groups in total. The minimum absolute atomic E-state index is 0.0631. The van der Waals surface area contributed by atoms with E-state index in [1.165, 1.54) is 0 Å². The third-order valence-corrected chi connectivity index (χ3v) is 1.32. The number of alkyl halides is 1. The monoisotopic (exact) mass is 180 g/mol. The smallest absolute Gasteiger partial charge is 0.106 e. The van der Waals surface area contributed by atoms with Gasteiger partial charge in [0, 0.05) is 0 Å². The first-order chi connectivity index (χ1) is 3.81. The van der Waals surface area contributed by atoms with E-state index in [1.807, 2.05) is 6.92 Å². The summed E-state index contributed by atoms with van der Waals surface area (Å²) >= 11 is 3.00. The third-order valence-electron chi connectivity index (χ3n) is 0.782. The van der Waals surface area contributed by atoms with Crippen LogP contribution in [0.15, 0.2) is 11.9 Å². The van der Waals surface area contributed by atoms with Gasteiger partial charge in [0.1, 0.15) is 5.83 Å². The maximum Gasteiger partial charge on any atom is 0.106 e. The van der Waals surface area contributed by atoms with Crippen molar-refractivity contribution in [3.63, 3.8) is 0 Å². The molecule has 0 atom stereocenters. The molecule has 0 saturated carbocycles. The van der Waals surface area contributed by atoms with Crippen LogP contribution < -0.4 is 0 Å². The van der Waals surface area contributed by atoms with E-state index in [1.54, 1.807) is 6.08 Å². The zero-order valence-corrected chi connectivity index (χ0v) is 6.54. The standard InChI is InChI=1S/C6H10BrF/c1-2-3-4-6(8)5-7/h4H,2-3,5H2,1H3/b6-4+. The average molecular weight is 181 g/mol. The number of unbranched alkanes of at least 4 members (excludes halogenated alkanes) is 1. The Balaban J connectivity index is 3.26. The molecular formula is C6H10BrF. The second-order valence-corrected chi connectivity index (χ2v) is 2.13. The summed E-state index contributed by atoms with van der Waals surface area (Å²) in [6, 6.07) is 0. The zero-order chi connectivity index (χ0) is 6.41. The van der Waals surface area contributed by atoms with Gasteiger partial charge in [-0.2, -0.15) is 0 Å². The Morgan fingerprint density at radius 2 is 2.38 bits per heavy atom. The van der Waals surface area contributed by atoms with Crippen LogP contribution in [0.4, 0.5) is 4.39 Å². The van der Waals surface area contributed by atoms with E-state index in [2.05, 4.69) is 15.9 Å². The molecule has 0 rings (SSSR count). The number of hydrogen-bond acceptors (Lipinski definition) is 0. The first-order valence-electron chi connectivity index (χ1n) is 2.71. The summed E-state index contributed by atoms with van der Waals surface area (Å²) in [5.74, 6) is -0.0631. The first-order valence-corrected chi connectivity index (χ1v) is 3.84. The van der Waals surface area contributed by atoms with Crippen LogP contribution in [-0.2, 0) is 0 Å². The van der Waals surface area contributed by atoms with Crippen LogP contribution in [0.2, 0.25) is 0 Å². The quantitative estimate of drug-likeness (QED) is 0.587. The normalized spacial score (nSPS) is 12.1. The highest BCUT2D eigenvalue weighted by Crippen LogP contribution is 2.02. The lowest BCUT2D eigenvalue weighted by molar-refractivity contribution is 0.637. The van der Waals surface area contributed by atoms with Gasteiger partial charge in [-0.3, -0.25) is 0 Å². The van der Waals surface area contributed by atoms with Crippen molar-refractivity contribution in [1.82, 2.24) is 0 Å². The van der Waals surface area contributed by atoms with Gasteiger partial charge < -0.3 is 0 Å². The summed E-state index contributed by atoms with van der Waals surface area (Å²) in [6.07, 6.45) is 3.46. The molecule has 0 amide bonds. The van der Waals surface area contributed by atoms with Crippen LogP contribution in [0.5, 0.6) is 0 Å². The number of allylic oxidation sites excluding steroid dienone is 2. The Morgan fingerprint density at radius 3 is 2.75 bits per heavy atom. The summed E-state index contributed by atoms with van der Waals surface area (Å²) in [5, 5.41) is 0.354. The fourth-order valence-electron chi connectivity index (χ4n) is 0.356. The second kappa shape index (κ2) is 5.29. The number of rotatable bonds is 3. The van der Waals surface area contributed by atoms with Crippen LogP contribution in [0.1, 0.15) is 19.8 Å². The molecule has 0 radical (unpaired) electrons. The minimum Gasteiger partial charge on any atom is -0.211 e. The van der Waals surface area contributed by atoms with Crippen LogP contribution in [0.3, 0.4) is 0 Å². The molecule has 8 heavy (non-hydrogen) atoms. The van der Waals surface area contributed by atoms with Crippen molar-refractivity contribution in [3.8, 4) is 0 Å².